The summed E-state index contributed by atoms with van der Waals surface area (Å²) in [4.78, 5) is 11.2. The number of unbranched alkanes of at least 4 members (excludes halogenated alkanes) is 7. The van der Waals surface area contributed by atoms with Gasteiger partial charge >= 0.3 is 0 Å². The van der Waals surface area contributed by atoms with Crippen molar-refractivity contribution in [3.8, 4) is 5.75 Å². The number of aromatic hydroxyl groups is 1. The first-order chi connectivity index (χ1) is 9.16. The fourth-order valence-corrected chi connectivity index (χ4v) is 2.32. The highest BCUT2D eigenvalue weighted by molar-refractivity contribution is 5.25. The van der Waals surface area contributed by atoms with Crippen LogP contribution in [0.4, 0.5) is 0 Å². The molecule has 1 heterocycles. The van der Waals surface area contributed by atoms with Crippen LogP contribution in [0.25, 0.3) is 0 Å². The molecule has 108 valence electrons. The van der Waals surface area contributed by atoms with Crippen molar-refractivity contribution < 1.29 is 5.11 Å². The van der Waals surface area contributed by atoms with Crippen molar-refractivity contribution in [2.75, 3.05) is 0 Å². The normalized spacial score (nSPS) is 10.8. The van der Waals surface area contributed by atoms with Gasteiger partial charge in [0.25, 0.3) is 0 Å². The van der Waals surface area contributed by atoms with E-state index in [0.717, 1.165) is 13.0 Å². The predicted octanol–water partition coefficient (Wildman–Crippen LogP) is 4.00. The zero-order valence-corrected chi connectivity index (χ0v) is 12.3. The summed E-state index contributed by atoms with van der Waals surface area (Å²) in [5, 5.41) is 9.58. The van der Waals surface area contributed by atoms with E-state index in [0.29, 0.717) is 5.69 Å². The zero-order chi connectivity index (χ0) is 14.1. The highest BCUT2D eigenvalue weighted by Gasteiger charge is 2.04. The molecule has 3 nitrogen and oxygen atoms in total. The molecule has 0 aliphatic carbocycles. The maximum absolute atomic E-state index is 11.2. The Morgan fingerprint density at radius 1 is 1.05 bits per heavy atom. The van der Waals surface area contributed by atoms with Gasteiger partial charge in [-0.3, -0.25) is 4.79 Å². The van der Waals surface area contributed by atoms with Crippen LogP contribution in [0.2, 0.25) is 0 Å². The number of aromatic nitrogens is 1. The molecule has 0 unspecified atom stereocenters. The van der Waals surface area contributed by atoms with E-state index in [1.807, 2.05) is 4.57 Å². The molecule has 1 rings (SSSR count). The first kappa shape index (κ1) is 15.8. The van der Waals surface area contributed by atoms with Gasteiger partial charge in [-0.25, -0.2) is 0 Å². The highest BCUT2D eigenvalue weighted by Crippen LogP contribution is 2.12. The van der Waals surface area contributed by atoms with Crippen molar-refractivity contribution >= 4 is 0 Å². The standard InChI is InChI=1S/C16H27NO2/c1-3-4-5-6-7-8-9-10-12-17-13-11-15(18)16(19)14(17)2/h11,13,19H,3-10,12H2,1-2H3. The Morgan fingerprint density at radius 3 is 2.26 bits per heavy atom. The fraction of sp³-hybridized carbons (Fsp3) is 0.688. The molecule has 0 amide bonds. The summed E-state index contributed by atoms with van der Waals surface area (Å²) in [6.07, 6.45) is 12.1. The van der Waals surface area contributed by atoms with Crippen LogP contribution in [0.1, 0.15) is 64.0 Å². The van der Waals surface area contributed by atoms with Gasteiger partial charge < -0.3 is 9.67 Å². The van der Waals surface area contributed by atoms with E-state index in [-0.39, 0.29) is 11.2 Å². The molecule has 0 fully saturated rings. The third-order valence-electron chi connectivity index (χ3n) is 3.67. The Morgan fingerprint density at radius 2 is 1.63 bits per heavy atom. The fourth-order valence-electron chi connectivity index (χ4n) is 2.32. The Labute approximate surface area is 116 Å². The molecule has 0 saturated heterocycles. The molecular weight excluding hydrogens is 238 g/mol. The van der Waals surface area contributed by atoms with Crippen LogP contribution in [0.3, 0.4) is 0 Å². The monoisotopic (exact) mass is 265 g/mol. The van der Waals surface area contributed by atoms with Crippen molar-refractivity contribution in [2.24, 2.45) is 0 Å². The minimum Gasteiger partial charge on any atom is -0.503 e. The molecule has 0 saturated carbocycles. The largest absolute Gasteiger partial charge is 0.503 e. The first-order valence-corrected chi connectivity index (χ1v) is 7.55. The Bertz CT molecular complexity index is 423. The molecule has 0 aromatic carbocycles. The SMILES string of the molecule is CCCCCCCCCCn1ccc(=O)c(O)c1C. The van der Waals surface area contributed by atoms with Crippen molar-refractivity contribution in [3.05, 3.63) is 28.2 Å². The predicted molar refractivity (Wildman–Crippen MR) is 79.7 cm³/mol. The van der Waals surface area contributed by atoms with Crippen LogP contribution in [-0.4, -0.2) is 9.67 Å². The second kappa shape index (κ2) is 8.78. The minimum absolute atomic E-state index is 0.109. The van der Waals surface area contributed by atoms with Gasteiger partial charge in [0.15, 0.2) is 5.75 Å². The second-order valence-electron chi connectivity index (χ2n) is 5.28. The summed E-state index contributed by atoms with van der Waals surface area (Å²) in [7, 11) is 0. The van der Waals surface area contributed by atoms with E-state index >= 15 is 0 Å². The van der Waals surface area contributed by atoms with Crippen molar-refractivity contribution in [2.45, 2.75) is 71.8 Å². The average molecular weight is 265 g/mol. The number of hydrogen-bond donors (Lipinski definition) is 1. The van der Waals surface area contributed by atoms with E-state index in [9.17, 15) is 9.90 Å². The number of hydrogen-bond acceptors (Lipinski definition) is 2. The third kappa shape index (κ3) is 5.50. The lowest BCUT2D eigenvalue weighted by molar-refractivity contribution is 0.449. The molecule has 19 heavy (non-hydrogen) atoms. The first-order valence-electron chi connectivity index (χ1n) is 7.55. The molecule has 1 N–H and O–H groups in total. The van der Waals surface area contributed by atoms with Gasteiger partial charge in [0, 0.05) is 18.8 Å². The van der Waals surface area contributed by atoms with E-state index in [1.54, 1.807) is 13.1 Å². The Balaban J connectivity index is 2.20. The quantitative estimate of drug-likeness (QED) is 0.686. The highest BCUT2D eigenvalue weighted by atomic mass is 16.3. The van der Waals surface area contributed by atoms with Crippen LogP contribution in [0, 0.1) is 6.92 Å². The Hall–Kier alpha value is -1.25. The summed E-state index contributed by atoms with van der Waals surface area (Å²) in [6.45, 7) is 4.91. The topological polar surface area (TPSA) is 42.2 Å². The second-order valence-corrected chi connectivity index (χ2v) is 5.28. The van der Waals surface area contributed by atoms with E-state index < -0.39 is 0 Å². The van der Waals surface area contributed by atoms with Crippen LogP contribution in [0.15, 0.2) is 17.1 Å². The third-order valence-corrected chi connectivity index (χ3v) is 3.67. The number of nitrogens with zero attached hydrogens (tertiary/aromatic N) is 1. The molecule has 1 aromatic heterocycles. The van der Waals surface area contributed by atoms with E-state index in [1.165, 1.54) is 51.0 Å². The Kier molecular flexibility index (Phi) is 7.31. The number of aryl methyl sites for hydroxylation is 1. The smallest absolute Gasteiger partial charge is 0.223 e. The van der Waals surface area contributed by atoms with Gasteiger partial charge in [0.2, 0.25) is 5.43 Å². The van der Waals surface area contributed by atoms with Crippen LogP contribution in [0.5, 0.6) is 5.75 Å². The van der Waals surface area contributed by atoms with Crippen LogP contribution < -0.4 is 5.43 Å². The zero-order valence-electron chi connectivity index (χ0n) is 12.3. The maximum atomic E-state index is 11.2. The van der Waals surface area contributed by atoms with Gasteiger partial charge in [0.05, 0.1) is 5.69 Å². The molecule has 0 atom stereocenters. The molecule has 0 aliphatic heterocycles. The number of pyridine rings is 1. The molecular formula is C16H27NO2. The maximum Gasteiger partial charge on any atom is 0.223 e. The van der Waals surface area contributed by atoms with Gasteiger partial charge in [-0.2, -0.15) is 0 Å². The summed E-state index contributed by atoms with van der Waals surface area (Å²) >= 11 is 0. The number of rotatable bonds is 9. The minimum atomic E-state index is -0.287. The molecule has 3 heteroatoms. The van der Waals surface area contributed by atoms with Gasteiger partial charge in [-0.1, -0.05) is 51.9 Å². The lowest BCUT2D eigenvalue weighted by Crippen LogP contribution is -2.10. The van der Waals surface area contributed by atoms with Crippen LogP contribution >= 0.6 is 0 Å². The van der Waals surface area contributed by atoms with Gasteiger partial charge in [-0.15, -0.1) is 0 Å². The van der Waals surface area contributed by atoms with E-state index in [2.05, 4.69) is 6.92 Å². The van der Waals surface area contributed by atoms with E-state index in [4.69, 9.17) is 0 Å². The summed E-state index contributed by atoms with van der Waals surface area (Å²) < 4.78 is 1.97. The summed E-state index contributed by atoms with van der Waals surface area (Å²) in [5.74, 6) is -0.109. The molecule has 0 spiro atoms. The molecule has 0 radical (unpaired) electrons. The lowest BCUT2D eigenvalue weighted by Gasteiger charge is -2.11. The van der Waals surface area contributed by atoms with Crippen molar-refractivity contribution in [1.29, 1.82) is 0 Å². The average Bonchev–Trinajstić information content (AvgIpc) is 2.41. The molecule has 1 aromatic rings. The van der Waals surface area contributed by atoms with Crippen molar-refractivity contribution in [1.82, 2.24) is 4.57 Å². The van der Waals surface area contributed by atoms with Crippen LogP contribution in [-0.2, 0) is 6.54 Å². The van der Waals surface area contributed by atoms with Gasteiger partial charge in [-0.05, 0) is 13.3 Å². The molecule has 0 aliphatic rings. The molecule has 0 bridgehead atoms. The summed E-state index contributed by atoms with van der Waals surface area (Å²) in [5.41, 5.74) is 0.389. The summed E-state index contributed by atoms with van der Waals surface area (Å²) in [6, 6.07) is 1.44. The van der Waals surface area contributed by atoms with Crippen molar-refractivity contribution in [3.63, 3.8) is 0 Å². The van der Waals surface area contributed by atoms with Gasteiger partial charge in [0.1, 0.15) is 0 Å². The lowest BCUT2D eigenvalue weighted by atomic mass is 10.1.